The topological polar surface area (TPSA) is 56.7 Å². The third kappa shape index (κ3) is 3.47. The Morgan fingerprint density at radius 2 is 1.31 bits per heavy atom. The first-order chi connectivity index (χ1) is 20.8. The van der Waals surface area contributed by atoms with Crippen LogP contribution in [0, 0.1) is 0 Å². The quantitative estimate of drug-likeness (QED) is 0.232. The second kappa shape index (κ2) is 8.98. The highest BCUT2D eigenvalue weighted by molar-refractivity contribution is 6.19. The van der Waals surface area contributed by atoms with Crippen molar-refractivity contribution in [1.82, 2.24) is 19.5 Å². The first-order valence-electron chi connectivity index (χ1n) is 14.3. The van der Waals surface area contributed by atoms with E-state index in [9.17, 15) is 0 Å². The molecule has 0 aliphatic heterocycles. The van der Waals surface area contributed by atoms with Gasteiger partial charge in [-0.2, -0.15) is 9.97 Å². The Bertz CT molecular complexity index is 2470. The zero-order chi connectivity index (χ0) is 27.6. The van der Waals surface area contributed by atoms with E-state index in [0.29, 0.717) is 17.6 Å². The van der Waals surface area contributed by atoms with Crippen LogP contribution < -0.4 is 10.6 Å². The monoisotopic (exact) mass is 540 g/mol. The summed E-state index contributed by atoms with van der Waals surface area (Å²) in [5.74, 6) is 1.89. The van der Waals surface area contributed by atoms with Crippen molar-refractivity contribution in [3.05, 3.63) is 120 Å². The van der Waals surface area contributed by atoms with Crippen LogP contribution in [0.3, 0.4) is 0 Å². The molecule has 0 atom stereocenters. The summed E-state index contributed by atoms with van der Waals surface area (Å²) in [4.78, 5) is 15.2. The van der Waals surface area contributed by atoms with E-state index in [-0.39, 0.29) is 0 Å². The Labute approximate surface area is 240 Å². The molecule has 42 heavy (non-hydrogen) atoms. The van der Waals surface area contributed by atoms with Crippen molar-refractivity contribution in [3.63, 3.8) is 0 Å². The average molecular weight is 541 g/mol. The molecule has 0 bridgehead atoms. The molecule has 0 amide bonds. The summed E-state index contributed by atoms with van der Waals surface area (Å²) in [6.45, 7) is 0. The van der Waals surface area contributed by atoms with Crippen molar-refractivity contribution in [1.29, 1.82) is 0 Å². The van der Waals surface area contributed by atoms with E-state index >= 15 is 0 Å². The van der Waals surface area contributed by atoms with Crippen molar-refractivity contribution < 1.29 is 4.42 Å². The van der Waals surface area contributed by atoms with Gasteiger partial charge in [0.05, 0.1) is 10.9 Å². The summed E-state index contributed by atoms with van der Waals surface area (Å²) >= 11 is 0. The van der Waals surface area contributed by atoms with Crippen LogP contribution in [0.25, 0.3) is 84.5 Å². The number of furan rings is 1. The number of aromatic nitrogens is 4. The van der Waals surface area contributed by atoms with Crippen LogP contribution in [0.2, 0.25) is 0 Å². The minimum absolute atomic E-state index is 0.616. The molecule has 3 aromatic heterocycles. The minimum Gasteiger partial charge on any atom is -0.456 e. The summed E-state index contributed by atoms with van der Waals surface area (Å²) in [5, 5.41) is 8.12. The van der Waals surface area contributed by atoms with Crippen LogP contribution in [0.15, 0.2) is 114 Å². The van der Waals surface area contributed by atoms with Gasteiger partial charge in [-0.25, -0.2) is 4.98 Å². The summed E-state index contributed by atoms with van der Waals surface area (Å²) in [6, 6.07) is 37.5. The van der Waals surface area contributed by atoms with E-state index in [0.717, 1.165) is 56.8 Å². The first-order valence-corrected chi connectivity index (χ1v) is 14.3. The molecule has 0 spiro atoms. The van der Waals surface area contributed by atoms with Crippen molar-refractivity contribution in [2.45, 2.75) is 12.8 Å². The molecular formula is C37H24N4O. The van der Waals surface area contributed by atoms with Crippen molar-refractivity contribution in [2.75, 3.05) is 0 Å². The van der Waals surface area contributed by atoms with Gasteiger partial charge in [-0.1, -0.05) is 91.0 Å². The van der Waals surface area contributed by atoms with Crippen LogP contribution in [-0.4, -0.2) is 19.5 Å². The largest absolute Gasteiger partial charge is 0.456 e. The molecule has 0 N–H and O–H groups in total. The van der Waals surface area contributed by atoms with Crippen LogP contribution in [0.5, 0.6) is 0 Å². The highest BCUT2D eigenvalue weighted by Gasteiger charge is 2.18. The van der Waals surface area contributed by atoms with Gasteiger partial charge in [0.25, 0.3) is 0 Å². The van der Waals surface area contributed by atoms with Gasteiger partial charge in [-0.3, -0.25) is 4.57 Å². The number of benzene rings is 5. The SMILES string of the molecule is C1=c2c(n(-c3nc(-c4ccccc4)nc(-c4ccc5oc6ccc7ccccc7c6c5c4)n3)c3ccccc23)=CCC1. The fraction of sp³-hybridized carbons (Fsp3) is 0.0541. The molecule has 1 aliphatic carbocycles. The van der Waals surface area contributed by atoms with E-state index < -0.39 is 0 Å². The maximum atomic E-state index is 6.27. The third-order valence-electron chi connectivity index (χ3n) is 8.28. The van der Waals surface area contributed by atoms with E-state index in [1.165, 1.54) is 21.4 Å². The molecule has 9 rings (SSSR count). The lowest BCUT2D eigenvalue weighted by molar-refractivity contribution is 0.669. The lowest BCUT2D eigenvalue weighted by atomic mass is 10.0. The van der Waals surface area contributed by atoms with Crippen molar-refractivity contribution in [2.24, 2.45) is 0 Å². The second-order valence-electron chi connectivity index (χ2n) is 10.8. The molecule has 5 nitrogen and oxygen atoms in total. The zero-order valence-corrected chi connectivity index (χ0v) is 22.7. The number of rotatable bonds is 3. The molecule has 0 unspecified atom stereocenters. The van der Waals surface area contributed by atoms with Gasteiger partial charge in [0, 0.05) is 32.5 Å². The van der Waals surface area contributed by atoms with Gasteiger partial charge in [0.1, 0.15) is 11.2 Å². The maximum Gasteiger partial charge on any atom is 0.238 e. The first kappa shape index (κ1) is 23.2. The number of nitrogens with zero attached hydrogens (tertiary/aromatic N) is 4. The lowest BCUT2D eigenvalue weighted by Crippen LogP contribution is -2.31. The highest BCUT2D eigenvalue weighted by atomic mass is 16.3. The van der Waals surface area contributed by atoms with Gasteiger partial charge in [-0.15, -0.1) is 0 Å². The van der Waals surface area contributed by atoms with Gasteiger partial charge in [0.2, 0.25) is 5.95 Å². The van der Waals surface area contributed by atoms with E-state index in [1.54, 1.807) is 0 Å². The second-order valence-corrected chi connectivity index (χ2v) is 10.8. The lowest BCUT2D eigenvalue weighted by Gasteiger charge is -2.11. The van der Waals surface area contributed by atoms with Crippen LogP contribution >= 0.6 is 0 Å². The smallest absolute Gasteiger partial charge is 0.238 e. The van der Waals surface area contributed by atoms with E-state index in [4.69, 9.17) is 19.4 Å². The Balaban J connectivity index is 1.34. The number of hydrogen-bond acceptors (Lipinski definition) is 4. The van der Waals surface area contributed by atoms with Gasteiger partial charge in [-0.05, 0) is 53.9 Å². The predicted molar refractivity (Wildman–Crippen MR) is 170 cm³/mol. The fourth-order valence-electron chi connectivity index (χ4n) is 6.36. The normalized spacial score (nSPS) is 13.0. The Hall–Kier alpha value is -5.55. The minimum atomic E-state index is 0.616. The fourth-order valence-corrected chi connectivity index (χ4v) is 6.36. The van der Waals surface area contributed by atoms with Crippen molar-refractivity contribution in [3.8, 4) is 28.7 Å². The molecule has 5 heteroatoms. The molecule has 0 saturated carbocycles. The zero-order valence-electron chi connectivity index (χ0n) is 22.7. The highest BCUT2D eigenvalue weighted by Crippen LogP contribution is 2.36. The van der Waals surface area contributed by atoms with Crippen LogP contribution in [0.1, 0.15) is 12.8 Å². The van der Waals surface area contributed by atoms with Gasteiger partial charge >= 0.3 is 0 Å². The summed E-state index contributed by atoms with van der Waals surface area (Å²) < 4.78 is 8.46. The van der Waals surface area contributed by atoms with Crippen LogP contribution in [0.4, 0.5) is 0 Å². The molecule has 0 fully saturated rings. The standard InChI is InChI=1S/C37H24N4O/c1-2-11-24(12-3-1)35-38-36(40-37(39-35)41-30-16-8-6-14-27(30)28-15-7-9-17-31(28)41)25-19-20-32-29(22-25)34-26-13-5-4-10-23(26)18-21-33(34)42-32/h1-6,8,10-22H,7,9H2. The molecule has 3 heterocycles. The summed E-state index contributed by atoms with van der Waals surface area (Å²) in [7, 11) is 0. The molecular weight excluding hydrogens is 516 g/mol. The number of hydrogen-bond donors (Lipinski definition) is 0. The maximum absolute atomic E-state index is 6.27. The summed E-state index contributed by atoms with van der Waals surface area (Å²) in [6.07, 6.45) is 6.66. The molecule has 1 aliphatic rings. The third-order valence-corrected chi connectivity index (χ3v) is 8.28. The molecule has 0 saturated heterocycles. The van der Waals surface area contributed by atoms with Gasteiger partial charge in [0.15, 0.2) is 11.6 Å². The molecule has 198 valence electrons. The molecule has 5 aromatic carbocycles. The van der Waals surface area contributed by atoms with Crippen molar-refractivity contribution >= 4 is 55.8 Å². The Kier molecular flexibility index (Phi) is 4.96. The Morgan fingerprint density at radius 3 is 2.21 bits per heavy atom. The number of para-hydroxylation sites is 1. The summed E-state index contributed by atoms with van der Waals surface area (Å²) in [5.41, 5.74) is 4.68. The molecule has 0 radical (unpaired) electrons. The van der Waals surface area contributed by atoms with Crippen LogP contribution in [-0.2, 0) is 0 Å². The van der Waals surface area contributed by atoms with Gasteiger partial charge < -0.3 is 4.42 Å². The molecule has 8 aromatic rings. The van der Waals surface area contributed by atoms with E-state index in [2.05, 4.69) is 83.4 Å². The average Bonchev–Trinajstić information content (AvgIpc) is 3.61. The Morgan fingerprint density at radius 1 is 0.571 bits per heavy atom. The number of fused-ring (bicyclic) bond motifs is 8. The predicted octanol–water partition coefficient (Wildman–Crippen LogP) is 7.56. The van der Waals surface area contributed by atoms with E-state index in [1.807, 2.05) is 42.5 Å².